The third-order valence-corrected chi connectivity index (χ3v) is 2.53. The molecule has 0 radical (unpaired) electrons. The molecule has 0 aromatic carbocycles. The molecule has 0 saturated carbocycles. The Kier molecular flexibility index (Phi) is 8.03. The Balaban J connectivity index is 4.02. The van der Waals surface area contributed by atoms with Gasteiger partial charge < -0.3 is 15.7 Å². The molecular weight excluding hydrogens is 278 g/mol. The second-order valence-corrected chi connectivity index (χ2v) is 5.42. The summed E-state index contributed by atoms with van der Waals surface area (Å²) in [6.07, 6.45) is -0.123. The van der Waals surface area contributed by atoms with E-state index in [9.17, 15) is 19.2 Å². The Bertz CT molecular complexity index is 407. The Morgan fingerprint density at radius 3 is 2.14 bits per heavy atom. The van der Waals surface area contributed by atoms with Crippen LogP contribution in [0.4, 0.5) is 4.79 Å². The molecule has 0 aliphatic heterocycles. The first kappa shape index (κ1) is 18.9. The molecule has 4 amide bonds. The first-order chi connectivity index (χ1) is 9.66. The van der Waals surface area contributed by atoms with Crippen molar-refractivity contribution < 1.29 is 24.3 Å². The lowest BCUT2D eigenvalue weighted by atomic mass is 9.85. The van der Waals surface area contributed by atoms with E-state index in [-0.39, 0.29) is 31.7 Å². The van der Waals surface area contributed by atoms with Crippen LogP contribution < -0.4 is 16.0 Å². The fourth-order valence-corrected chi connectivity index (χ4v) is 1.70. The number of aliphatic carboxylic acids is 1. The van der Waals surface area contributed by atoms with Gasteiger partial charge >= 0.3 is 12.0 Å². The van der Waals surface area contributed by atoms with Gasteiger partial charge in [0.25, 0.3) is 0 Å². The van der Waals surface area contributed by atoms with Gasteiger partial charge in [-0.1, -0.05) is 13.8 Å². The van der Waals surface area contributed by atoms with Crippen LogP contribution in [0, 0.1) is 5.41 Å². The van der Waals surface area contributed by atoms with Crippen LogP contribution in [-0.4, -0.2) is 42.0 Å². The first-order valence-electron chi connectivity index (χ1n) is 6.72. The summed E-state index contributed by atoms with van der Waals surface area (Å²) >= 11 is 0. The molecule has 0 saturated heterocycles. The zero-order chi connectivity index (χ0) is 16.5. The molecule has 0 bridgehead atoms. The number of hydrogen-bond acceptors (Lipinski definition) is 4. The van der Waals surface area contributed by atoms with E-state index in [1.165, 1.54) is 0 Å². The van der Waals surface area contributed by atoms with Crippen molar-refractivity contribution in [2.24, 2.45) is 5.41 Å². The second-order valence-electron chi connectivity index (χ2n) is 5.42. The van der Waals surface area contributed by atoms with Gasteiger partial charge in [0.1, 0.15) is 0 Å². The number of carbonyl (C=O) groups is 4. The normalized spacial score (nSPS) is 10.6. The summed E-state index contributed by atoms with van der Waals surface area (Å²) < 4.78 is 0. The zero-order valence-electron chi connectivity index (χ0n) is 12.6. The molecular formula is C13H23N3O5. The Morgan fingerprint density at radius 2 is 1.62 bits per heavy atom. The van der Waals surface area contributed by atoms with Crippen LogP contribution in [0.25, 0.3) is 0 Å². The van der Waals surface area contributed by atoms with E-state index in [0.717, 1.165) is 0 Å². The molecule has 0 aromatic heterocycles. The molecule has 8 heteroatoms. The maximum absolute atomic E-state index is 11.6. The molecule has 0 aliphatic carbocycles. The minimum atomic E-state index is -1.00. The number of carboxylic acid groups (broad SMARTS) is 1. The average Bonchev–Trinajstić information content (AvgIpc) is 2.25. The van der Waals surface area contributed by atoms with Crippen molar-refractivity contribution in [1.29, 1.82) is 0 Å². The highest BCUT2D eigenvalue weighted by atomic mass is 16.4. The van der Waals surface area contributed by atoms with Crippen LogP contribution in [0.15, 0.2) is 0 Å². The summed E-state index contributed by atoms with van der Waals surface area (Å²) in [7, 11) is 0. The van der Waals surface area contributed by atoms with Crippen LogP contribution in [0.5, 0.6) is 0 Å². The molecule has 120 valence electrons. The monoisotopic (exact) mass is 301 g/mol. The fourth-order valence-electron chi connectivity index (χ4n) is 1.70. The highest BCUT2D eigenvalue weighted by molar-refractivity contribution is 5.94. The predicted octanol–water partition coefficient (Wildman–Crippen LogP) is 0.229. The maximum Gasteiger partial charge on any atom is 0.321 e. The van der Waals surface area contributed by atoms with Crippen molar-refractivity contribution in [1.82, 2.24) is 16.0 Å². The van der Waals surface area contributed by atoms with E-state index in [0.29, 0.717) is 6.54 Å². The van der Waals surface area contributed by atoms with E-state index in [1.54, 1.807) is 20.8 Å². The van der Waals surface area contributed by atoms with Crippen LogP contribution in [0.3, 0.4) is 0 Å². The van der Waals surface area contributed by atoms with Crippen LogP contribution in [0.2, 0.25) is 0 Å². The number of rotatable bonds is 8. The predicted molar refractivity (Wildman–Crippen MR) is 75.5 cm³/mol. The molecule has 0 fully saturated rings. The van der Waals surface area contributed by atoms with Gasteiger partial charge in [0.2, 0.25) is 11.8 Å². The van der Waals surface area contributed by atoms with E-state index in [4.69, 9.17) is 5.11 Å². The third-order valence-electron chi connectivity index (χ3n) is 2.53. The molecule has 0 spiro atoms. The van der Waals surface area contributed by atoms with E-state index in [1.807, 2.05) is 0 Å². The molecule has 0 atom stereocenters. The summed E-state index contributed by atoms with van der Waals surface area (Å²) in [6.45, 7) is 5.68. The molecule has 0 aliphatic rings. The highest BCUT2D eigenvalue weighted by Gasteiger charge is 2.25. The van der Waals surface area contributed by atoms with Gasteiger partial charge in [-0.15, -0.1) is 0 Å². The van der Waals surface area contributed by atoms with Gasteiger partial charge in [-0.2, -0.15) is 0 Å². The largest absolute Gasteiger partial charge is 0.481 e. The lowest BCUT2D eigenvalue weighted by Crippen LogP contribution is -2.42. The van der Waals surface area contributed by atoms with Crippen molar-refractivity contribution in [3.05, 3.63) is 0 Å². The van der Waals surface area contributed by atoms with Crippen LogP contribution >= 0.6 is 0 Å². The van der Waals surface area contributed by atoms with E-state index >= 15 is 0 Å². The third kappa shape index (κ3) is 10.3. The molecule has 0 heterocycles. The zero-order valence-corrected chi connectivity index (χ0v) is 12.6. The van der Waals surface area contributed by atoms with Crippen molar-refractivity contribution in [2.45, 2.75) is 40.0 Å². The summed E-state index contributed by atoms with van der Waals surface area (Å²) in [5, 5.41) is 15.8. The fraction of sp³-hybridized carbons (Fsp3) is 0.692. The quantitative estimate of drug-likeness (QED) is 0.511. The summed E-state index contributed by atoms with van der Waals surface area (Å²) in [5.41, 5.74) is -0.739. The number of urea groups is 1. The van der Waals surface area contributed by atoms with Crippen molar-refractivity contribution in [3.63, 3.8) is 0 Å². The van der Waals surface area contributed by atoms with Gasteiger partial charge in [0.05, 0.1) is 6.42 Å². The van der Waals surface area contributed by atoms with Crippen molar-refractivity contribution >= 4 is 23.8 Å². The SMILES string of the molecule is CCNC(=O)CCNC(=O)NC(=O)CC(C)(C)CC(=O)O. The molecule has 8 nitrogen and oxygen atoms in total. The highest BCUT2D eigenvalue weighted by Crippen LogP contribution is 2.24. The standard InChI is InChI=1S/C13H23N3O5/c1-4-14-9(17)5-6-15-12(21)16-10(18)7-13(2,3)8-11(19)20/h4-8H2,1-3H3,(H,14,17)(H,19,20)(H2,15,16,18,21). The number of carbonyl (C=O) groups excluding carboxylic acids is 3. The number of hydrogen-bond donors (Lipinski definition) is 4. The van der Waals surface area contributed by atoms with Gasteiger partial charge in [-0.05, 0) is 12.3 Å². The van der Waals surface area contributed by atoms with Gasteiger partial charge in [-0.25, -0.2) is 4.79 Å². The topological polar surface area (TPSA) is 125 Å². The lowest BCUT2D eigenvalue weighted by molar-refractivity contribution is -0.139. The van der Waals surface area contributed by atoms with Crippen molar-refractivity contribution in [3.8, 4) is 0 Å². The Hall–Kier alpha value is -2.12. The number of amides is 4. The molecule has 4 N–H and O–H groups in total. The van der Waals surface area contributed by atoms with Crippen LogP contribution in [-0.2, 0) is 14.4 Å². The van der Waals surface area contributed by atoms with Crippen LogP contribution in [0.1, 0.15) is 40.0 Å². The molecule has 0 unspecified atom stereocenters. The molecule has 0 rings (SSSR count). The number of nitrogens with one attached hydrogen (secondary N) is 3. The lowest BCUT2D eigenvalue weighted by Gasteiger charge is -2.21. The van der Waals surface area contributed by atoms with Gasteiger partial charge in [0, 0.05) is 25.9 Å². The second kappa shape index (κ2) is 8.93. The average molecular weight is 301 g/mol. The van der Waals surface area contributed by atoms with Gasteiger partial charge in [0.15, 0.2) is 0 Å². The minimum absolute atomic E-state index is 0.0803. The molecule has 21 heavy (non-hydrogen) atoms. The van der Waals surface area contributed by atoms with E-state index in [2.05, 4.69) is 16.0 Å². The summed E-state index contributed by atoms with van der Waals surface area (Å²) in [4.78, 5) is 44.8. The first-order valence-corrected chi connectivity index (χ1v) is 6.72. The van der Waals surface area contributed by atoms with Gasteiger partial charge in [-0.3, -0.25) is 19.7 Å². The molecule has 0 aromatic rings. The smallest absolute Gasteiger partial charge is 0.321 e. The maximum atomic E-state index is 11.6. The Morgan fingerprint density at radius 1 is 1.00 bits per heavy atom. The Labute approximate surface area is 123 Å². The van der Waals surface area contributed by atoms with Crippen molar-refractivity contribution in [2.75, 3.05) is 13.1 Å². The van der Waals surface area contributed by atoms with E-state index < -0.39 is 23.3 Å². The summed E-state index contributed by atoms with van der Waals surface area (Å²) in [5.74, 6) is -1.75. The number of carboxylic acids is 1. The minimum Gasteiger partial charge on any atom is -0.481 e. The summed E-state index contributed by atoms with van der Waals surface area (Å²) in [6, 6.07) is -0.699. The number of imide groups is 1.